The molecule has 0 radical (unpaired) electrons. The molecule has 2 aliphatic heterocycles. The molecule has 0 aliphatic carbocycles. The monoisotopic (exact) mass is 330 g/mol. The van der Waals surface area contributed by atoms with E-state index in [1.807, 2.05) is 6.92 Å². The van der Waals surface area contributed by atoms with Crippen LogP contribution in [0.2, 0.25) is 0 Å². The second kappa shape index (κ2) is 5.07. The highest BCUT2D eigenvalue weighted by molar-refractivity contribution is 7.93. The molecule has 3 atom stereocenters. The van der Waals surface area contributed by atoms with Crippen LogP contribution in [0.4, 0.5) is 0 Å². The van der Waals surface area contributed by atoms with Gasteiger partial charge in [-0.1, -0.05) is 17.7 Å². The summed E-state index contributed by atoms with van der Waals surface area (Å²) in [5.41, 5.74) is 0.968. The third-order valence-corrected chi connectivity index (χ3v) is 8.45. The van der Waals surface area contributed by atoms with Gasteiger partial charge >= 0.3 is 0 Å². The molecule has 5 nitrogen and oxygen atoms in total. The molecule has 2 fully saturated rings. The number of hydrogen-bond donors (Lipinski definition) is 0. The highest BCUT2D eigenvalue weighted by Crippen LogP contribution is 2.40. The summed E-state index contributed by atoms with van der Waals surface area (Å²) in [5, 5.41) is -0.871. The van der Waals surface area contributed by atoms with E-state index in [4.69, 9.17) is 4.18 Å². The lowest BCUT2D eigenvalue weighted by molar-refractivity contribution is 0.186. The number of aryl methyl sites for hydroxylation is 1. The molecule has 7 heteroatoms. The lowest BCUT2D eigenvalue weighted by Gasteiger charge is -2.27. The van der Waals surface area contributed by atoms with Crippen molar-refractivity contribution in [2.75, 3.05) is 0 Å². The quantitative estimate of drug-likeness (QED) is 0.790. The maximum Gasteiger partial charge on any atom is 0.297 e. The molecule has 0 aromatic heterocycles. The number of benzene rings is 1. The van der Waals surface area contributed by atoms with Crippen LogP contribution in [0, 0.1) is 6.92 Å². The van der Waals surface area contributed by atoms with Gasteiger partial charge in [0.2, 0.25) is 0 Å². The fourth-order valence-electron chi connectivity index (χ4n) is 3.18. The van der Waals surface area contributed by atoms with Gasteiger partial charge in [0.15, 0.2) is 9.84 Å². The van der Waals surface area contributed by atoms with Crippen molar-refractivity contribution in [3.05, 3.63) is 29.8 Å². The Labute approximate surface area is 125 Å². The number of hydrogen-bond acceptors (Lipinski definition) is 5. The van der Waals surface area contributed by atoms with Crippen molar-refractivity contribution in [1.29, 1.82) is 0 Å². The van der Waals surface area contributed by atoms with Crippen LogP contribution in [-0.2, 0) is 24.1 Å². The maximum atomic E-state index is 12.2. The first-order valence-electron chi connectivity index (χ1n) is 7.02. The Kier molecular flexibility index (Phi) is 3.62. The molecule has 0 saturated carbocycles. The largest absolute Gasteiger partial charge is 0.297 e. The second-order valence-corrected chi connectivity index (χ2v) is 9.95. The highest BCUT2D eigenvalue weighted by Gasteiger charge is 2.48. The van der Waals surface area contributed by atoms with Crippen molar-refractivity contribution in [2.45, 2.75) is 54.1 Å². The van der Waals surface area contributed by atoms with Gasteiger partial charge in [-0.15, -0.1) is 0 Å². The molecule has 1 unspecified atom stereocenters. The predicted molar refractivity (Wildman–Crippen MR) is 78.2 cm³/mol. The zero-order chi connectivity index (χ0) is 15.3. The first-order chi connectivity index (χ1) is 9.79. The van der Waals surface area contributed by atoms with Crippen LogP contribution in [0.15, 0.2) is 29.2 Å². The molecule has 0 amide bonds. The van der Waals surface area contributed by atoms with Crippen molar-refractivity contribution in [2.24, 2.45) is 0 Å². The zero-order valence-electron chi connectivity index (χ0n) is 11.7. The van der Waals surface area contributed by atoms with Crippen LogP contribution in [0.3, 0.4) is 0 Å². The molecule has 3 rings (SSSR count). The lowest BCUT2D eigenvalue weighted by Crippen LogP contribution is -2.37. The minimum absolute atomic E-state index is 0.119. The Morgan fingerprint density at radius 1 is 1.05 bits per heavy atom. The summed E-state index contributed by atoms with van der Waals surface area (Å²) in [7, 11) is -6.89. The van der Waals surface area contributed by atoms with Crippen molar-refractivity contribution >= 4 is 20.0 Å². The van der Waals surface area contributed by atoms with Crippen molar-refractivity contribution < 1.29 is 21.0 Å². The minimum atomic E-state index is -3.83. The van der Waals surface area contributed by atoms with E-state index in [-0.39, 0.29) is 17.7 Å². The van der Waals surface area contributed by atoms with E-state index in [1.54, 1.807) is 12.1 Å². The summed E-state index contributed by atoms with van der Waals surface area (Å²) in [6.45, 7) is 1.88. The first kappa shape index (κ1) is 15.0. The van der Waals surface area contributed by atoms with E-state index >= 15 is 0 Å². The van der Waals surface area contributed by atoms with Gasteiger partial charge in [0.05, 0.1) is 21.5 Å². The highest BCUT2D eigenvalue weighted by atomic mass is 32.2. The molecule has 116 valence electrons. The van der Waals surface area contributed by atoms with Crippen LogP contribution in [0.25, 0.3) is 0 Å². The van der Waals surface area contributed by atoms with Gasteiger partial charge in [0.25, 0.3) is 10.1 Å². The Balaban J connectivity index is 1.77. The predicted octanol–water partition coefficient (Wildman–Crippen LogP) is 1.81. The van der Waals surface area contributed by atoms with Crippen LogP contribution < -0.4 is 0 Å². The Morgan fingerprint density at radius 3 is 2.10 bits per heavy atom. The number of sulfone groups is 1. The Hall–Kier alpha value is -0.920. The molecule has 0 N–H and O–H groups in total. The van der Waals surface area contributed by atoms with Gasteiger partial charge < -0.3 is 0 Å². The van der Waals surface area contributed by atoms with E-state index in [1.165, 1.54) is 12.1 Å². The third kappa shape index (κ3) is 2.74. The normalized spacial score (nSPS) is 31.2. The Morgan fingerprint density at radius 2 is 1.57 bits per heavy atom. The van der Waals surface area contributed by atoms with Gasteiger partial charge in [-0.25, -0.2) is 8.42 Å². The van der Waals surface area contributed by atoms with Crippen molar-refractivity contribution in [1.82, 2.24) is 0 Å². The molecular weight excluding hydrogens is 312 g/mol. The summed E-state index contributed by atoms with van der Waals surface area (Å²) < 4.78 is 53.7. The number of rotatable bonds is 3. The molecule has 2 aliphatic rings. The molecule has 21 heavy (non-hydrogen) atoms. The molecule has 2 heterocycles. The van der Waals surface area contributed by atoms with Crippen LogP contribution in [0.5, 0.6) is 0 Å². The van der Waals surface area contributed by atoms with E-state index in [0.29, 0.717) is 12.8 Å². The van der Waals surface area contributed by atoms with Crippen LogP contribution in [-0.4, -0.2) is 33.4 Å². The summed E-state index contributed by atoms with van der Waals surface area (Å²) in [6.07, 6.45) is 1.28. The average molecular weight is 330 g/mol. The second-order valence-electron chi connectivity index (χ2n) is 5.87. The maximum absolute atomic E-state index is 12.2. The Bertz CT molecular complexity index is 714. The van der Waals surface area contributed by atoms with E-state index in [0.717, 1.165) is 5.56 Å². The molecule has 0 spiro atoms. The summed E-state index contributed by atoms with van der Waals surface area (Å²) in [6, 6.07) is 6.45. The van der Waals surface area contributed by atoms with Gasteiger partial charge in [-0.3, -0.25) is 4.18 Å². The number of fused-ring (bicyclic) bond motifs is 2. The summed E-state index contributed by atoms with van der Waals surface area (Å²) in [4.78, 5) is 0.119. The van der Waals surface area contributed by atoms with Crippen molar-refractivity contribution in [3.8, 4) is 0 Å². The van der Waals surface area contributed by atoms with Gasteiger partial charge in [0.1, 0.15) is 0 Å². The van der Waals surface area contributed by atoms with E-state index < -0.39 is 36.6 Å². The molecule has 1 aromatic carbocycles. The van der Waals surface area contributed by atoms with E-state index in [9.17, 15) is 16.8 Å². The zero-order valence-corrected chi connectivity index (χ0v) is 13.4. The summed E-state index contributed by atoms with van der Waals surface area (Å²) in [5.74, 6) is 0. The SMILES string of the molecule is Cc1ccc(S(=O)(=O)OC2C[C@H]3CC[C@@H](C2)S3(=O)=O)cc1. The smallest absolute Gasteiger partial charge is 0.263 e. The topological polar surface area (TPSA) is 77.5 Å². The third-order valence-electron chi connectivity index (χ3n) is 4.36. The molecule has 1 aromatic rings. The van der Waals surface area contributed by atoms with Gasteiger partial charge in [0, 0.05) is 0 Å². The first-order valence-corrected chi connectivity index (χ1v) is 10.0. The summed E-state index contributed by atoms with van der Waals surface area (Å²) >= 11 is 0. The van der Waals surface area contributed by atoms with Crippen LogP contribution in [0.1, 0.15) is 31.2 Å². The standard InChI is InChI=1S/C14H18O5S2/c1-10-2-4-12(5-3-10)21(17,18)19-11-8-13-6-7-14(9-11)20(13,15)16/h2-5,11,13-14H,6-9H2,1H3/t11?,13-,14+. The molecular formula is C14H18O5S2. The van der Waals surface area contributed by atoms with E-state index in [2.05, 4.69) is 0 Å². The minimum Gasteiger partial charge on any atom is -0.263 e. The van der Waals surface area contributed by atoms with Gasteiger partial charge in [-0.2, -0.15) is 8.42 Å². The van der Waals surface area contributed by atoms with Crippen LogP contribution >= 0.6 is 0 Å². The molecule has 2 saturated heterocycles. The fourth-order valence-corrected chi connectivity index (χ4v) is 6.71. The molecule has 2 bridgehead atoms. The lowest BCUT2D eigenvalue weighted by atomic mass is 10.1. The fraction of sp³-hybridized carbons (Fsp3) is 0.571. The van der Waals surface area contributed by atoms with Crippen molar-refractivity contribution in [3.63, 3.8) is 0 Å². The average Bonchev–Trinajstić information content (AvgIpc) is 2.59. The van der Waals surface area contributed by atoms with Gasteiger partial charge in [-0.05, 0) is 44.7 Å².